The molecular weight excluding hydrogens is 290 g/mol. The molecule has 1 aliphatic rings. The lowest BCUT2D eigenvalue weighted by Crippen LogP contribution is -2.06. The third-order valence-corrected chi connectivity index (χ3v) is 3.85. The fourth-order valence-electron chi connectivity index (χ4n) is 2.73. The molecule has 0 spiro atoms. The van der Waals surface area contributed by atoms with Gasteiger partial charge < -0.3 is 15.0 Å². The molecule has 0 saturated carbocycles. The summed E-state index contributed by atoms with van der Waals surface area (Å²) in [5, 5.41) is 0. The van der Waals surface area contributed by atoms with Gasteiger partial charge in [0.15, 0.2) is 17.0 Å². The van der Waals surface area contributed by atoms with Crippen molar-refractivity contribution in [3.05, 3.63) is 53.9 Å². The molecule has 0 radical (unpaired) electrons. The van der Waals surface area contributed by atoms with E-state index in [2.05, 4.69) is 51.4 Å². The van der Waals surface area contributed by atoms with Crippen LogP contribution in [0.5, 0.6) is 6.01 Å². The highest BCUT2D eigenvalue weighted by Gasteiger charge is 2.12. The highest BCUT2D eigenvalue weighted by atomic mass is 16.5. The number of rotatable bonds is 0. The number of allylic oxidation sites excluding steroid dienone is 1. The van der Waals surface area contributed by atoms with Crippen molar-refractivity contribution in [3.8, 4) is 6.01 Å². The Kier molecular flexibility index (Phi) is 3.42. The van der Waals surface area contributed by atoms with Crippen LogP contribution < -0.4 is 10.5 Å². The molecule has 2 N–H and O–H groups in total. The third kappa shape index (κ3) is 2.75. The molecule has 2 aromatic heterocycles. The van der Waals surface area contributed by atoms with E-state index in [4.69, 9.17) is 10.5 Å². The van der Waals surface area contributed by atoms with Gasteiger partial charge in [0.2, 0.25) is 0 Å². The second-order valence-corrected chi connectivity index (χ2v) is 5.57. The number of imidazole rings is 1. The minimum absolute atomic E-state index is 0.302. The molecule has 1 aromatic carbocycles. The summed E-state index contributed by atoms with van der Waals surface area (Å²) in [6.07, 6.45) is 7.75. The maximum atomic E-state index is 5.98. The summed E-state index contributed by atoms with van der Waals surface area (Å²) in [4.78, 5) is 13.0. The Labute approximate surface area is 133 Å². The lowest BCUT2D eigenvalue weighted by Gasteiger charge is -2.08. The first-order valence-corrected chi connectivity index (χ1v) is 7.63. The molecule has 0 saturated heterocycles. The molecule has 0 aliphatic carbocycles. The van der Waals surface area contributed by atoms with Crippen LogP contribution in [-0.2, 0) is 13.0 Å². The van der Waals surface area contributed by atoms with E-state index in [1.165, 1.54) is 11.1 Å². The van der Waals surface area contributed by atoms with Gasteiger partial charge in [-0.1, -0.05) is 36.4 Å². The molecule has 0 amide bonds. The van der Waals surface area contributed by atoms with Gasteiger partial charge in [-0.2, -0.15) is 9.97 Å². The standard InChI is InChI=1S/C17H17N5O/c18-15-14-16-21-17(20-15)23-8-3-1-2-5-12-6-4-7-13(9-12)10-22(16)11-19-14/h1-2,4,6-7,9,11H,3,5,8,10H2,(H2,18,20,21)/b2-1-. The average molecular weight is 307 g/mol. The van der Waals surface area contributed by atoms with Crippen molar-refractivity contribution in [2.24, 2.45) is 0 Å². The van der Waals surface area contributed by atoms with Crippen molar-refractivity contribution in [3.63, 3.8) is 0 Å². The Morgan fingerprint density at radius 1 is 1.13 bits per heavy atom. The highest BCUT2D eigenvalue weighted by molar-refractivity contribution is 5.81. The van der Waals surface area contributed by atoms with Crippen LogP contribution in [0.4, 0.5) is 5.82 Å². The molecule has 23 heavy (non-hydrogen) atoms. The molecule has 0 unspecified atom stereocenters. The maximum Gasteiger partial charge on any atom is 0.320 e. The minimum atomic E-state index is 0.302. The van der Waals surface area contributed by atoms with Gasteiger partial charge in [-0.25, -0.2) is 4.98 Å². The molecule has 1 aliphatic heterocycles. The number of nitrogen functional groups attached to an aromatic ring is 1. The fraction of sp³-hybridized carbons (Fsp3) is 0.235. The van der Waals surface area contributed by atoms with E-state index >= 15 is 0 Å². The van der Waals surface area contributed by atoms with Crippen molar-refractivity contribution in [2.75, 3.05) is 12.3 Å². The van der Waals surface area contributed by atoms with Gasteiger partial charge in [0, 0.05) is 0 Å². The first kappa shape index (κ1) is 13.8. The molecule has 3 aromatic rings. The van der Waals surface area contributed by atoms with Crippen LogP contribution in [0, 0.1) is 0 Å². The van der Waals surface area contributed by atoms with Crippen LogP contribution in [0.25, 0.3) is 11.2 Å². The molecule has 3 heterocycles. The predicted molar refractivity (Wildman–Crippen MR) is 88.2 cm³/mol. The van der Waals surface area contributed by atoms with Crippen molar-refractivity contribution in [2.45, 2.75) is 19.4 Å². The number of fused-ring (bicyclic) bond motifs is 3. The summed E-state index contributed by atoms with van der Waals surface area (Å²) in [5.41, 5.74) is 9.78. The summed E-state index contributed by atoms with van der Waals surface area (Å²) in [6.45, 7) is 1.21. The van der Waals surface area contributed by atoms with Gasteiger partial charge in [0.1, 0.15) is 0 Å². The summed E-state index contributed by atoms with van der Waals surface area (Å²) in [5.74, 6) is 0.347. The number of nitrogens with two attached hydrogens (primary N) is 1. The number of nitrogens with zero attached hydrogens (tertiary/aromatic N) is 4. The lowest BCUT2D eigenvalue weighted by molar-refractivity contribution is 0.300. The normalized spacial score (nSPS) is 16.0. The Morgan fingerprint density at radius 3 is 3.00 bits per heavy atom. The predicted octanol–water partition coefficient (Wildman–Crippen LogP) is 2.34. The van der Waals surface area contributed by atoms with E-state index in [0.29, 0.717) is 36.1 Å². The lowest BCUT2D eigenvalue weighted by atomic mass is 10.1. The maximum absolute atomic E-state index is 5.98. The van der Waals surface area contributed by atoms with Crippen molar-refractivity contribution in [1.82, 2.24) is 19.5 Å². The second kappa shape index (κ2) is 5.72. The molecule has 0 fully saturated rings. The third-order valence-electron chi connectivity index (χ3n) is 3.85. The van der Waals surface area contributed by atoms with Gasteiger partial charge in [-0.05, 0) is 24.0 Å². The van der Waals surface area contributed by atoms with Crippen molar-refractivity contribution >= 4 is 17.0 Å². The molecule has 6 heteroatoms. The SMILES string of the molecule is Nc1nc2nc3c1ncn3Cc1cccc(c1)C/C=C\CCO2. The number of ether oxygens (including phenoxy) is 1. The molecule has 6 nitrogen and oxygen atoms in total. The number of benzene rings is 1. The Hall–Kier alpha value is -2.89. The van der Waals surface area contributed by atoms with Gasteiger partial charge in [0.25, 0.3) is 0 Å². The Bertz CT molecular complexity index is 884. The number of anilines is 1. The molecule has 116 valence electrons. The zero-order chi connectivity index (χ0) is 15.6. The van der Waals surface area contributed by atoms with Gasteiger partial charge in [-0.15, -0.1) is 0 Å². The first-order chi connectivity index (χ1) is 11.3. The van der Waals surface area contributed by atoms with Crippen molar-refractivity contribution < 1.29 is 4.74 Å². The Morgan fingerprint density at radius 2 is 2.04 bits per heavy atom. The summed E-state index contributed by atoms with van der Waals surface area (Å²) in [7, 11) is 0. The minimum Gasteiger partial charge on any atom is -0.463 e. The van der Waals surface area contributed by atoms with Gasteiger partial charge in [0.05, 0.1) is 19.5 Å². The van der Waals surface area contributed by atoms with Crippen LogP contribution in [0.3, 0.4) is 0 Å². The monoisotopic (exact) mass is 307 g/mol. The summed E-state index contributed by atoms with van der Waals surface area (Å²) >= 11 is 0. The zero-order valence-corrected chi connectivity index (χ0v) is 12.6. The van der Waals surface area contributed by atoms with E-state index in [9.17, 15) is 0 Å². The molecular formula is C17H17N5O. The molecule has 4 rings (SSSR count). The van der Waals surface area contributed by atoms with Crippen LogP contribution in [0.15, 0.2) is 42.7 Å². The van der Waals surface area contributed by atoms with Crippen molar-refractivity contribution in [1.29, 1.82) is 0 Å². The Balaban J connectivity index is 1.83. The number of hydrogen-bond acceptors (Lipinski definition) is 5. The molecule has 0 atom stereocenters. The number of hydrogen-bond donors (Lipinski definition) is 1. The van der Waals surface area contributed by atoms with E-state index in [1.54, 1.807) is 6.33 Å². The smallest absolute Gasteiger partial charge is 0.320 e. The second-order valence-electron chi connectivity index (χ2n) is 5.57. The van der Waals surface area contributed by atoms with Gasteiger partial charge >= 0.3 is 6.01 Å². The zero-order valence-electron chi connectivity index (χ0n) is 12.6. The summed E-state index contributed by atoms with van der Waals surface area (Å²) < 4.78 is 7.59. The van der Waals surface area contributed by atoms with Crippen LogP contribution in [-0.4, -0.2) is 26.1 Å². The fourth-order valence-corrected chi connectivity index (χ4v) is 2.73. The van der Waals surface area contributed by atoms with Crippen LogP contribution in [0.2, 0.25) is 0 Å². The number of aromatic nitrogens is 4. The highest BCUT2D eigenvalue weighted by Crippen LogP contribution is 2.21. The topological polar surface area (TPSA) is 78.9 Å². The molecule has 4 bridgehead atoms. The van der Waals surface area contributed by atoms with E-state index < -0.39 is 0 Å². The first-order valence-electron chi connectivity index (χ1n) is 7.63. The van der Waals surface area contributed by atoms with Gasteiger partial charge in [-0.3, -0.25) is 0 Å². The largest absolute Gasteiger partial charge is 0.463 e. The average Bonchev–Trinajstić information content (AvgIpc) is 2.94. The van der Waals surface area contributed by atoms with E-state index in [-0.39, 0.29) is 0 Å². The van der Waals surface area contributed by atoms with E-state index in [1.807, 2.05) is 4.57 Å². The quantitative estimate of drug-likeness (QED) is 0.645. The summed E-state index contributed by atoms with van der Waals surface area (Å²) in [6, 6.07) is 8.84. The van der Waals surface area contributed by atoms with Crippen LogP contribution in [0.1, 0.15) is 17.5 Å². The van der Waals surface area contributed by atoms with Crippen LogP contribution >= 0.6 is 0 Å². The van der Waals surface area contributed by atoms with E-state index in [0.717, 1.165) is 12.8 Å².